The van der Waals surface area contributed by atoms with Crippen molar-refractivity contribution in [3.63, 3.8) is 0 Å². The van der Waals surface area contributed by atoms with Crippen LogP contribution in [0.2, 0.25) is 0 Å². The van der Waals surface area contributed by atoms with Gasteiger partial charge in [0.15, 0.2) is 0 Å². The molecule has 0 radical (unpaired) electrons. The molecule has 4 heteroatoms. The molecule has 1 unspecified atom stereocenters. The number of amides is 2. The highest BCUT2D eigenvalue weighted by molar-refractivity contribution is 6.22. The smallest absolute Gasteiger partial charge is 0.251 e. The van der Waals surface area contributed by atoms with Crippen LogP contribution in [0.4, 0.5) is 5.69 Å². The fourth-order valence-corrected chi connectivity index (χ4v) is 4.00. The molecule has 30 heavy (non-hydrogen) atoms. The topological polar surface area (TPSA) is 49.4 Å². The monoisotopic (exact) mass is 398 g/mol. The minimum atomic E-state index is -0.502. The average Bonchev–Trinajstić information content (AvgIpc) is 3.08. The normalized spacial score (nSPS) is 16.5. The largest absolute Gasteiger partial charge is 0.304 e. The number of hydrogen-bond donors (Lipinski definition) is 1. The van der Waals surface area contributed by atoms with E-state index in [2.05, 4.69) is 36.5 Å². The quantitative estimate of drug-likeness (QED) is 0.604. The number of carbonyl (C=O) groups excluding carboxylic acids is 2. The Bertz CT molecular complexity index is 961. The molecule has 1 aliphatic heterocycles. The Labute approximate surface area is 177 Å². The van der Waals surface area contributed by atoms with Gasteiger partial charge in [0, 0.05) is 12.5 Å². The Kier molecular flexibility index (Phi) is 6.05. The van der Waals surface area contributed by atoms with Crippen molar-refractivity contribution in [2.75, 3.05) is 11.4 Å². The van der Waals surface area contributed by atoms with Crippen LogP contribution >= 0.6 is 0 Å². The van der Waals surface area contributed by atoms with Gasteiger partial charge in [-0.15, -0.1) is 0 Å². The second-order valence-corrected chi connectivity index (χ2v) is 7.63. The van der Waals surface area contributed by atoms with Gasteiger partial charge in [-0.1, -0.05) is 79.7 Å². The van der Waals surface area contributed by atoms with Crippen LogP contribution in [0, 0.1) is 0 Å². The molecule has 1 aliphatic rings. The predicted molar refractivity (Wildman–Crippen MR) is 119 cm³/mol. The zero-order valence-corrected chi connectivity index (χ0v) is 17.1. The molecule has 152 valence electrons. The Morgan fingerprint density at radius 3 is 1.97 bits per heavy atom. The number of anilines is 1. The highest BCUT2D eigenvalue weighted by Gasteiger charge is 2.39. The molecule has 1 fully saturated rings. The molecule has 4 nitrogen and oxygen atoms in total. The second-order valence-electron chi connectivity index (χ2n) is 7.63. The van der Waals surface area contributed by atoms with Crippen molar-refractivity contribution in [2.24, 2.45) is 0 Å². The van der Waals surface area contributed by atoms with Crippen LogP contribution in [-0.4, -0.2) is 24.4 Å². The van der Waals surface area contributed by atoms with Gasteiger partial charge >= 0.3 is 0 Å². The first-order valence-corrected chi connectivity index (χ1v) is 10.5. The first-order valence-electron chi connectivity index (χ1n) is 10.5. The van der Waals surface area contributed by atoms with Gasteiger partial charge < -0.3 is 5.32 Å². The van der Waals surface area contributed by atoms with E-state index in [1.807, 2.05) is 60.7 Å². The highest BCUT2D eigenvalue weighted by Crippen LogP contribution is 2.26. The number of rotatable bonds is 7. The van der Waals surface area contributed by atoms with E-state index in [1.165, 1.54) is 21.6 Å². The molecule has 3 aromatic carbocycles. The van der Waals surface area contributed by atoms with Crippen LogP contribution in [0.25, 0.3) is 0 Å². The summed E-state index contributed by atoms with van der Waals surface area (Å²) in [6.45, 7) is 2.66. The molecular formula is C26H26N2O2. The summed E-state index contributed by atoms with van der Waals surface area (Å²) in [6.07, 6.45) is 1.11. The van der Waals surface area contributed by atoms with E-state index in [0.29, 0.717) is 12.2 Å². The van der Waals surface area contributed by atoms with Crippen LogP contribution in [-0.2, 0) is 16.0 Å². The number of imide groups is 1. The van der Waals surface area contributed by atoms with Gasteiger partial charge in [0.2, 0.25) is 5.91 Å². The summed E-state index contributed by atoms with van der Waals surface area (Å²) < 4.78 is 0. The maximum Gasteiger partial charge on any atom is 0.251 e. The van der Waals surface area contributed by atoms with Crippen molar-refractivity contribution < 1.29 is 9.59 Å². The Hall–Kier alpha value is -3.24. The van der Waals surface area contributed by atoms with Gasteiger partial charge in [-0.3, -0.25) is 9.59 Å². The summed E-state index contributed by atoms with van der Waals surface area (Å²) in [5.41, 5.74) is 4.19. The van der Waals surface area contributed by atoms with Gasteiger partial charge in [0.05, 0.1) is 18.2 Å². The third-order valence-electron chi connectivity index (χ3n) is 5.72. The number of hydrogen-bond acceptors (Lipinski definition) is 3. The standard InChI is InChI=1S/C26H26N2O2/c1-2-19-13-15-22(16-14-19)28-25(29)17-24(26(28)30)27-18-23(20-9-5-3-6-10-20)21-11-7-4-8-12-21/h3-16,23-24,27H,2,17-18H2,1H3. The summed E-state index contributed by atoms with van der Waals surface area (Å²) in [5.74, 6) is -0.227. The fourth-order valence-electron chi connectivity index (χ4n) is 4.00. The van der Waals surface area contributed by atoms with E-state index in [-0.39, 0.29) is 24.2 Å². The first-order chi connectivity index (χ1) is 14.7. The van der Waals surface area contributed by atoms with Crippen molar-refractivity contribution in [1.82, 2.24) is 5.32 Å². The first kappa shape index (κ1) is 20.0. The third kappa shape index (κ3) is 4.19. The van der Waals surface area contributed by atoms with Gasteiger partial charge in [-0.2, -0.15) is 0 Å². The minimum Gasteiger partial charge on any atom is -0.304 e. The Balaban J connectivity index is 1.50. The number of aryl methyl sites for hydroxylation is 1. The molecule has 0 aliphatic carbocycles. The summed E-state index contributed by atoms with van der Waals surface area (Å²) in [4.78, 5) is 26.9. The lowest BCUT2D eigenvalue weighted by Crippen LogP contribution is -2.40. The number of carbonyl (C=O) groups is 2. The van der Waals surface area contributed by atoms with Crippen molar-refractivity contribution in [1.29, 1.82) is 0 Å². The van der Waals surface area contributed by atoms with E-state index in [1.54, 1.807) is 0 Å². The van der Waals surface area contributed by atoms with E-state index in [9.17, 15) is 9.59 Å². The second kappa shape index (κ2) is 9.06. The number of benzene rings is 3. The SMILES string of the molecule is CCc1ccc(N2C(=O)CC(NCC(c3ccccc3)c3ccccc3)C2=O)cc1. The molecular weight excluding hydrogens is 372 g/mol. The molecule has 4 rings (SSSR count). The zero-order chi connectivity index (χ0) is 20.9. The summed E-state index contributed by atoms with van der Waals surface area (Å²) >= 11 is 0. The van der Waals surface area contributed by atoms with E-state index < -0.39 is 6.04 Å². The predicted octanol–water partition coefficient (Wildman–Crippen LogP) is 4.30. The molecule has 1 atom stereocenters. The summed E-state index contributed by atoms with van der Waals surface area (Å²) in [7, 11) is 0. The molecule has 0 bridgehead atoms. The van der Waals surface area contributed by atoms with Gasteiger partial charge in [-0.25, -0.2) is 4.90 Å². The fraction of sp³-hybridized carbons (Fsp3) is 0.231. The van der Waals surface area contributed by atoms with Crippen molar-refractivity contribution in [3.05, 3.63) is 102 Å². The molecule has 1 saturated heterocycles. The molecule has 1 heterocycles. The summed E-state index contributed by atoms with van der Waals surface area (Å²) in [5, 5.41) is 3.37. The summed E-state index contributed by atoms with van der Waals surface area (Å²) in [6, 6.07) is 27.6. The lowest BCUT2D eigenvalue weighted by molar-refractivity contribution is -0.121. The third-order valence-corrected chi connectivity index (χ3v) is 5.72. The van der Waals surface area contributed by atoms with Crippen LogP contribution < -0.4 is 10.2 Å². The molecule has 0 aromatic heterocycles. The lowest BCUT2D eigenvalue weighted by Gasteiger charge is -2.21. The average molecular weight is 399 g/mol. The maximum absolute atomic E-state index is 13.0. The van der Waals surface area contributed by atoms with Crippen LogP contribution in [0.15, 0.2) is 84.9 Å². The van der Waals surface area contributed by atoms with E-state index in [4.69, 9.17) is 0 Å². The molecule has 0 spiro atoms. The Morgan fingerprint density at radius 2 is 1.43 bits per heavy atom. The number of nitrogens with one attached hydrogen (secondary N) is 1. The van der Waals surface area contributed by atoms with Crippen molar-refractivity contribution in [3.8, 4) is 0 Å². The van der Waals surface area contributed by atoms with E-state index >= 15 is 0 Å². The van der Waals surface area contributed by atoms with Gasteiger partial charge in [-0.05, 0) is 35.2 Å². The van der Waals surface area contributed by atoms with Gasteiger partial charge in [0.1, 0.15) is 0 Å². The van der Waals surface area contributed by atoms with Crippen LogP contribution in [0.1, 0.15) is 36.0 Å². The molecule has 3 aromatic rings. The van der Waals surface area contributed by atoms with Crippen molar-refractivity contribution in [2.45, 2.75) is 31.7 Å². The number of nitrogens with zero attached hydrogens (tertiary/aromatic N) is 1. The minimum absolute atomic E-state index is 0.105. The van der Waals surface area contributed by atoms with E-state index in [0.717, 1.165) is 6.42 Å². The van der Waals surface area contributed by atoms with Gasteiger partial charge in [0.25, 0.3) is 5.91 Å². The zero-order valence-electron chi connectivity index (χ0n) is 17.1. The molecule has 1 N–H and O–H groups in total. The maximum atomic E-state index is 13.0. The lowest BCUT2D eigenvalue weighted by atomic mass is 9.91. The molecule has 2 amide bonds. The highest BCUT2D eigenvalue weighted by atomic mass is 16.2. The van der Waals surface area contributed by atoms with Crippen LogP contribution in [0.5, 0.6) is 0 Å². The van der Waals surface area contributed by atoms with Crippen molar-refractivity contribution >= 4 is 17.5 Å². The molecule has 0 saturated carbocycles. The Morgan fingerprint density at radius 1 is 0.867 bits per heavy atom. The van der Waals surface area contributed by atoms with Crippen LogP contribution in [0.3, 0.4) is 0 Å².